The van der Waals surface area contributed by atoms with Crippen molar-refractivity contribution < 1.29 is 5.11 Å². The van der Waals surface area contributed by atoms with Crippen LogP contribution in [0, 0.1) is 0 Å². The second-order valence-electron chi connectivity index (χ2n) is 3.13. The molecule has 1 aromatic rings. The molecule has 1 aromatic carbocycles. The van der Waals surface area contributed by atoms with E-state index >= 15 is 0 Å². The van der Waals surface area contributed by atoms with E-state index in [1.165, 1.54) is 5.56 Å². The summed E-state index contributed by atoms with van der Waals surface area (Å²) in [4.78, 5) is 0. The summed E-state index contributed by atoms with van der Waals surface area (Å²) in [6.45, 7) is 4.06. The smallest absolute Gasteiger partial charge is 0.0869 e. The summed E-state index contributed by atoms with van der Waals surface area (Å²) in [5, 5.41) is 9.02. The van der Waals surface area contributed by atoms with Gasteiger partial charge in [0, 0.05) is 5.57 Å². The van der Waals surface area contributed by atoms with Gasteiger partial charge in [0.15, 0.2) is 0 Å². The molecule has 1 rings (SSSR count). The molecule has 74 valence electrons. The van der Waals surface area contributed by atoms with E-state index in [4.69, 9.17) is 5.11 Å². The van der Waals surface area contributed by atoms with Crippen LogP contribution in [-0.2, 0) is 6.42 Å². The third-order valence-electron chi connectivity index (χ3n) is 2.18. The van der Waals surface area contributed by atoms with Gasteiger partial charge < -0.3 is 5.11 Å². The van der Waals surface area contributed by atoms with Crippen LogP contribution in [0.25, 0.3) is 5.57 Å². The van der Waals surface area contributed by atoms with Crippen LogP contribution >= 0.6 is 0 Å². The maximum atomic E-state index is 9.02. The normalized spacial score (nSPS) is 12.3. The molecule has 1 heteroatoms. The summed E-state index contributed by atoms with van der Waals surface area (Å²) in [6.07, 6.45) is 5.99. The Morgan fingerprint density at radius 1 is 1.29 bits per heavy atom. The molecule has 1 N–H and O–H groups in total. The van der Waals surface area contributed by atoms with Gasteiger partial charge in [-0.3, -0.25) is 0 Å². The topological polar surface area (TPSA) is 20.2 Å². The van der Waals surface area contributed by atoms with Gasteiger partial charge in [-0.15, -0.1) is 0 Å². The van der Waals surface area contributed by atoms with Crippen molar-refractivity contribution in [3.05, 3.63) is 53.8 Å². The summed E-state index contributed by atoms with van der Waals surface area (Å²) >= 11 is 0. The van der Waals surface area contributed by atoms with Gasteiger partial charge in [0.25, 0.3) is 0 Å². The second kappa shape index (κ2) is 5.28. The molecule has 0 spiro atoms. The van der Waals surface area contributed by atoms with Gasteiger partial charge in [-0.05, 0) is 24.5 Å². The van der Waals surface area contributed by atoms with Crippen molar-refractivity contribution >= 4 is 5.57 Å². The maximum absolute atomic E-state index is 9.02. The molecule has 0 aliphatic heterocycles. The van der Waals surface area contributed by atoms with Crippen LogP contribution < -0.4 is 0 Å². The number of aryl methyl sites for hydroxylation is 1. The summed E-state index contributed by atoms with van der Waals surface area (Å²) in [6, 6.07) is 8.23. The minimum absolute atomic E-state index is 0.843. The van der Waals surface area contributed by atoms with Crippen LogP contribution in [0.1, 0.15) is 25.0 Å². The molecule has 0 heterocycles. The number of aliphatic hydroxyl groups excluding tert-OH is 1. The van der Waals surface area contributed by atoms with Gasteiger partial charge >= 0.3 is 0 Å². The first-order chi connectivity index (χ1) is 6.81. The first-order valence-electron chi connectivity index (χ1n) is 4.88. The highest BCUT2D eigenvalue weighted by Gasteiger charge is 1.97. The molecule has 0 amide bonds. The average Bonchev–Trinajstić information content (AvgIpc) is 2.26. The van der Waals surface area contributed by atoms with E-state index in [2.05, 4.69) is 19.1 Å². The van der Waals surface area contributed by atoms with Crippen molar-refractivity contribution in [1.29, 1.82) is 0 Å². The van der Waals surface area contributed by atoms with Crippen LogP contribution in [-0.4, -0.2) is 5.11 Å². The molecule has 0 saturated heterocycles. The minimum atomic E-state index is 0.843. The standard InChI is InChI=1S/C13H16O/c1-3-5-13(10-14)12-8-6-11(4-2)7-9-12/h3,5-10,14H,4H2,1-2H3/b5-3-,13-10+. The van der Waals surface area contributed by atoms with E-state index in [9.17, 15) is 0 Å². The molecular weight excluding hydrogens is 172 g/mol. The van der Waals surface area contributed by atoms with Gasteiger partial charge in [0.2, 0.25) is 0 Å². The first kappa shape index (κ1) is 10.6. The molecule has 0 atom stereocenters. The van der Waals surface area contributed by atoms with Crippen molar-refractivity contribution in [3.8, 4) is 0 Å². The van der Waals surface area contributed by atoms with Crippen LogP contribution in [0.15, 0.2) is 42.7 Å². The zero-order chi connectivity index (χ0) is 10.4. The Kier molecular flexibility index (Phi) is 3.99. The van der Waals surface area contributed by atoms with Gasteiger partial charge in [0.1, 0.15) is 0 Å². The molecule has 0 fully saturated rings. The molecule has 0 aliphatic carbocycles. The molecular formula is C13H16O. The second-order valence-corrected chi connectivity index (χ2v) is 3.13. The van der Waals surface area contributed by atoms with E-state index in [1.807, 2.05) is 31.2 Å². The first-order valence-corrected chi connectivity index (χ1v) is 4.88. The zero-order valence-electron chi connectivity index (χ0n) is 8.70. The minimum Gasteiger partial charge on any atom is -0.515 e. The number of benzene rings is 1. The lowest BCUT2D eigenvalue weighted by Gasteiger charge is -2.02. The summed E-state index contributed by atoms with van der Waals surface area (Å²) in [5.74, 6) is 0. The highest BCUT2D eigenvalue weighted by atomic mass is 16.2. The zero-order valence-corrected chi connectivity index (χ0v) is 8.70. The summed E-state index contributed by atoms with van der Waals surface area (Å²) in [5.41, 5.74) is 3.20. The molecule has 0 unspecified atom stereocenters. The number of hydrogen-bond acceptors (Lipinski definition) is 1. The molecule has 0 radical (unpaired) electrons. The van der Waals surface area contributed by atoms with Crippen LogP contribution in [0.3, 0.4) is 0 Å². The molecule has 0 aliphatic rings. The number of hydrogen-bond donors (Lipinski definition) is 1. The molecule has 1 nitrogen and oxygen atoms in total. The third kappa shape index (κ3) is 2.49. The van der Waals surface area contributed by atoms with E-state index in [1.54, 1.807) is 0 Å². The predicted molar refractivity (Wildman–Crippen MR) is 61.2 cm³/mol. The van der Waals surface area contributed by atoms with Crippen molar-refractivity contribution in [3.63, 3.8) is 0 Å². The van der Waals surface area contributed by atoms with Crippen LogP contribution in [0.5, 0.6) is 0 Å². The Labute approximate surface area is 85.4 Å². The van der Waals surface area contributed by atoms with E-state index < -0.39 is 0 Å². The van der Waals surface area contributed by atoms with Crippen molar-refractivity contribution in [2.24, 2.45) is 0 Å². The fourth-order valence-corrected chi connectivity index (χ4v) is 1.33. The third-order valence-corrected chi connectivity index (χ3v) is 2.18. The largest absolute Gasteiger partial charge is 0.515 e. The van der Waals surface area contributed by atoms with Crippen molar-refractivity contribution in [1.82, 2.24) is 0 Å². The van der Waals surface area contributed by atoms with E-state index in [-0.39, 0.29) is 0 Å². The molecule has 0 aromatic heterocycles. The molecule has 0 saturated carbocycles. The monoisotopic (exact) mass is 188 g/mol. The SMILES string of the molecule is C/C=C\C(=C/O)c1ccc(CC)cc1. The summed E-state index contributed by atoms with van der Waals surface area (Å²) in [7, 11) is 0. The van der Waals surface area contributed by atoms with Gasteiger partial charge in [0.05, 0.1) is 6.26 Å². The Morgan fingerprint density at radius 3 is 2.36 bits per heavy atom. The fraction of sp³-hybridized carbons (Fsp3) is 0.231. The Hall–Kier alpha value is -1.50. The van der Waals surface area contributed by atoms with Crippen LogP contribution in [0.4, 0.5) is 0 Å². The van der Waals surface area contributed by atoms with Gasteiger partial charge in [-0.25, -0.2) is 0 Å². The number of rotatable bonds is 3. The maximum Gasteiger partial charge on any atom is 0.0869 e. The number of aliphatic hydroxyl groups is 1. The van der Waals surface area contributed by atoms with Gasteiger partial charge in [-0.1, -0.05) is 43.3 Å². The number of allylic oxidation sites excluding steroid dienone is 3. The van der Waals surface area contributed by atoms with Crippen molar-refractivity contribution in [2.75, 3.05) is 0 Å². The molecule has 14 heavy (non-hydrogen) atoms. The lowest BCUT2D eigenvalue weighted by molar-refractivity contribution is 0.476. The highest BCUT2D eigenvalue weighted by molar-refractivity contribution is 5.72. The summed E-state index contributed by atoms with van der Waals surface area (Å²) < 4.78 is 0. The lowest BCUT2D eigenvalue weighted by Crippen LogP contribution is -1.83. The van der Waals surface area contributed by atoms with Crippen molar-refractivity contribution in [2.45, 2.75) is 20.3 Å². The molecule has 0 bridgehead atoms. The Morgan fingerprint density at radius 2 is 1.93 bits per heavy atom. The fourth-order valence-electron chi connectivity index (χ4n) is 1.33. The Balaban J connectivity index is 2.96. The van der Waals surface area contributed by atoms with Gasteiger partial charge in [-0.2, -0.15) is 0 Å². The predicted octanol–water partition coefficient (Wildman–Crippen LogP) is 3.72. The highest BCUT2D eigenvalue weighted by Crippen LogP contribution is 2.16. The van der Waals surface area contributed by atoms with E-state index in [0.717, 1.165) is 23.8 Å². The lowest BCUT2D eigenvalue weighted by atomic mass is 10.0. The van der Waals surface area contributed by atoms with Crippen LogP contribution in [0.2, 0.25) is 0 Å². The Bertz CT molecular complexity index is 331. The van der Waals surface area contributed by atoms with E-state index in [0.29, 0.717) is 0 Å². The quantitative estimate of drug-likeness (QED) is 0.566. The average molecular weight is 188 g/mol.